The Labute approximate surface area is 207 Å². The number of halogens is 1. The van der Waals surface area contributed by atoms with E-state index in [4.69, 9.17) is 14.5 Å². The summed E-state index contributed by atoms with van der Waals surface area (Å²) in [4.78, 5) is 26.1. The van der Waals surface area contributed by atoms with Gasteiger partial charge in [0.15, 0.2) is 11.6 Å². The Bertz CT molecular complexity index is 1480. The molecule has 0 saturated carbocycles. The first-order valence-electron chi connectivity index (χ1n) is 12.1. The van der Waals surface area contributed by atoms with Gasteiger partial charge in [-0.2, -0.15) is 0 Å². The summed E-state index contributed by atoms with van der Waals surface area (Å²) in [6.45, 7) is 2.69. The SMILES string of the molecule is COc1c(F)cccc1Nc1c(-c2ccnc3ccc([C@@H]4CCCO4)nc23)[nH]c2c1C(=O)N[C@@H](C)C2. The van der Waals surface area contributed by atoms with Crippen molar-refractivity contribution in [1.29, 1.82) is 0 Å². The average Bonchev–Trinajstić information content (AvgIpc) is 3.52. The zero-order chi connectivity index (χ0) is 24.8. The van der Waals surface area contributed by atoms with Gasteiger partial charge in [0.05, 0.1) is 52.6 Å². The summed E-state index contributed by atoms with van der Waals surface area (Å²) < 4.78 is 25.7. The number of hydrogen-bond acceptors (Lipinski definition) is 6. The molecule has 0 bridgehead atoms. The van der Waals surface area contributed by atoms with Crippen molar-refractivity contribution in [2.24, 2.45) is 0 Å². The standard InChI is InChI=1S/C27H26FN5O3/c1-14-13-20-22(27(34)30-14)25(32-19-6-3-5-16(28)26(19)35-2)24(33-20)15-10-11-29-18-9-8-17(31-23(15)18)21-7-4-12-36-21/h3,5-6,8-11,14,21,32-33H,4,7,12-13H2,1-2H3,(H,30,34)/t14-,21-/m0/s1. The van der Waals surface area contributed by atoms with E-state index < -0.39 is 5.82 Å². The maximum atomic E-state index is 14.5. The van der Waals surface area contributed by atoms with E-state index in [0.717, 1.165) is 41.9 Å². The van der Waals surface area contributed by atoms with Crippen molar-refractivity contribution in [1.82, 2.24) is 20.3 Å². The number of anilines is 2. The highest BCUT2D eigenvalue weighted by Gasteiger charge is 2.31. The van der Waals surface area contributed by atoms with Crippen LogP contribution in [0.5, 0.6) is 5.75 Å². The Morgan fingerprint density at radius 2 is 2.11 bits per heavy atom. The molecule has 4 aromatic rings. The molecule has 3 N–H and O–H groups in total. The molecule has 9 heteroatoms. The van der Waals surface area contributed by atoms with Crippen LogP contribution in [0.4, 0.5) is 15.8 Å². The lowest BCUT2D eigenvalue weighted by Gasteiger charge is -2.21. The molecule has 36 heavy (non-hydrogen) atoms. The molecule has 5 heterocycles. The van der Waals surface area contributed by atoms with Crippen molar-refractivity contribution < 1.29 is 18.7 Å². The number of nitrogens with one attached hydrogen (secondary N) is 3. The number of aromatic nitrogens is 3. The lowest BCUT2D eigenvalue weighted by molar-refractivity contribution is 0.0930. The third-order valence-corrected chi connectivity index (χ3v) is 6.76. The van der Waals surface area contributed by atoms with Crippen LogP contribution in [0.1, 0.15) is 47.6 Å². The first-order valence-corrected chi connectivity index (χ1v) is 12.1. The minimum atomic E-state index is -0.497. The van der Waals surface area contributed by atoms with Gasteiger partial charge in [0.2, 0.25) is 0 Å². The molecule has 8 nitrogen and oxygen atoms in total. The molecule has 3 aromatic heterocycles. The molecule has 1 aromatic carbocycles. The fraction of sp³-hybridized carbons (Fsp3) is 0.296. The van der Waals surface area contributed by atoms with E-state index >= 15 is 0 Å². The van der Waals surface area contributed by atoms with E-state index in [1.165, 1.54) is 13.2 Å². The molecule has 6 rings (SSSR count). The topological polar surface area (TPSA) is 101 Å². The lowest BCUT2D eigenvalue weighted by atomic mass is 10.0. The van der Waals surface area contributed by atoms with Crippen LogP contribution < -0.4 is 15.4 Å². The molecule has 2 aliphatic heterocycles. The Hall–Kier alpha value is -3.98. The van der Waals surface area contributed by atoms with Gasteiger partial charge in [-0.25, -0.2) is 9.37 Å². The van der Waals surface area contributed by atoms with E-state index in [0.29, 0.717) is 34.6 Å². The van der Waals surface area contributed by atoms with Crippen LogP contribution in [0.2, 0.25) is 0 Å². The summed E-state index contributed by atoms with van der Waals surface area (Å²) in [6, 6.07) is 10.4. The number of hydrogen-bond donors (Lipinski definition) is 3. The molecule has 2 aliphatic rings. The van der Waals surface area contributed by atoms with Gasteiger partial charge in [0.25, 0.3) is 5.91 Å². The van der Waals surface area contributed by atoms with Crippen LogP contribution in [-0.4, -0.2) is 40.6 Å². The van der Waals surface area contributed by atoms with Crippen LogP contribution in [-0.2, 0) is 11.2 Å². The number of benzene rings is 1. The minimum absolute atomic E-state index is 0.0218. The molecule has 1 saturated heterocycles. The summed E-state index contributed by atoms with van der Waals surface area (Å²) in [5.74, 6) is -0.624. The third kappa shape index (κ3) is 3.76. The molecule has 184 valence electrons. The Balaban J connectivity index is 1.56. The molecule has 0 unspecified atom stereocenters. The Morgan fingerprint density at radius 1 is 1.22 bits per heavy atom. The van der Waals surface area contributed by atoms with Crippen LogP contribution in [0.25, 0.3) is 22.3 Å². The van der Waals surface area contributed by atoms with E-state index in [9.17, 15) is 9.18 Å². The second kappa shape index (κ2) is 8.91. The molecular weight excluding hydrogens is 461 g/mol. The number of para-hydroxylation sites is 1. The van der Waals surface area contributed by atoms with E-state index in [2.05, 4.69) is 20.6 Å². The van der Waals surface area contributed by atoms with Gasteiger partial charge in [-0.05, 0) is 50.1 Å². The molecule has 1 fully saturated rings. The number of amides is 1. The maximum absolute atomic E-state index is 14.5. The van der Waals surface area contributed by atoms with Gasteiger partial charge in [-0.3, -0.25) is 9.78 Å². The number of fused-ring (bicyclic) bond motifs is 2. The fourth-order valence-corrected chi connectivity index (χ4v) is 5.12. The van der Waals surface area contributed by atoms with Gasteiger partial charge >= 0.3 is 0 Å². The zero-order valence-corrected chi connectivity index (χ0v) is 20.0. The number of pyridine rings is 2. The van der Waals surface area contributed by atoms with Crippen LogP contribution in [0.3, 0.4) is 0 Å². The van der Waals surface area contributed by atoms with Crippen molar-refractivity contribution in [2.45, 2.75) is 38.3 Å². The Kier molecular flexibility index (Phi) is 5.56. The first kappa shape index (κ1) is 22.5. The van der Waals surface area contributed by atoms with Gasteiger partial charge in [0, 0.05) is 36.5 Å². The minimum Gasteiger partial charge on any atom is -0.492 e. The van der Waals surface area contributed by atoms with Crippen LogP contribution in [0, 0.1) is 5.82 Å². The highest BCUT2D eigenvalue weighted by molar-refractivity contribution is 6.08. The van der Waals surface area contributed by atoms with Crippen molar-refractivity contribution in [3.63, 3.8) is 0 Å². The normalized spacial score (nSPS) is 19.2. The van der Waals surface area contributed by atoms with Crippen molar-refractivity contribution in [3.05, 3.63) is 65.4 Å². The predicted molar refractivity (Wildman–Crippen MR) is 134 cm³/mol. The van der Waals surface area contributed by atoms with Gasteiger partial charge < -0.3 is 25.1 Å². The molecule has 1 amide bonds. The van der Waals surface area contributed by atoms with Gasteiger partial charge in [-0.15, -0.1) is 0 Å². The fourth-order valence-electron chi connectivity index (χ4n) is 5.12. The van der Waals surface area contributed by atoms with Gasteiger partial charge in [-0.1, -0.05) is 6.07 Å². The number of H-pyrrole nitrogens is 1. The van der Waals surface area contributed by atoms with E-state index in [1.54, 1.807) is 18.3 Å². The van der Waals surface area contributed by atoms with Crippen molar-refractivity contribution in [2.75, 3.05) is 19.0 Å². The monoisotopic (exact) mass is 487 g/mol. The summed E-state index contributed by atoms with van der Waals surface area (Å²) in [5, 5.41) is 6.29. The number of carbonyl (C=O) groups is 1. The maximum Gasteiger partial charge on any atom is 0.255 e. The highest BCUT2D eigenvalue weighted by atomic mass is 19.1. The number of rotatable bonds is 5. The van der Waals surface area contributed by atoms with Crippen LogP contribution in [0.15, 0.2) is 42.6 Å². The second-order valence-corrected chi connectivity index (χ2v) is 9.22. The van der Waals surface area contributed by atoms with Crippen LogP contribution >= 0.6 is 0 Å². The quantitative estimate of drug-likeness (QED) is 0.365. The summed E-state index contributed by atoms with van der Waals surface area (Å²) in [6.07, 6.45) is 4.24. The molecule has 2 atom stereocenters. The van der Waals surface area contributed by atoms with Crippen molar-refractivity contribution in [3.8, 4) is 17.0 Å². The summed E-state index contributed by atoms with van der Waals surface area (Å²) >= 11 is 0. The predicted octanol–water partition coefficient (Wildman–Crippen LogP) is 5.04. The Morgan fingerprint density at radius 3 is 2.92 bits per heavy atom. The highest BCUT2D eigenvalue weighted by Crippen LogP contribution is 2.41. The molecule has 0 aliphatic carbocycles. The zero-order valence-electron chi connectivity index (χ0n) is 20.0. The second-order valence-electron chi connectivity index (χ2n) is 9.22. The molecule has 0 radical (unpaired) electrons. The van der Waals surface area contributed by atoms with Crippen molar-refractivity contribution >= 4 is 28.3 Å². The molecular formula is C27H26FN5O3. The average molecular weight is 488 g/mol. The number of nitrogens with zero attached hydrogens (tertiary/aromatic N) is 2. The smallest absolute Gasteiger partial charge is 0.255 e. The number of methoxy groups -OCH3 is 1. The summed E-state index contributed by atoms with van der Waals surface area (Å²) in [5.41, 5.74) is 6.01. The number of ether oxygens (including phenoxy) is 2. The first-order chi connectivity index (χ1) is 17.5. The third-order valence-electron chi connectivity index (χ3n) is 6.76. The van der Waals surface area contributed by atoms with E-state index in [-0.39, 0.29) is 23.8 Å². The largest absolute Gasteiger partial charge is 0.492 e. The molecule has 0 spiro atoms. The number of carbonyl (C=O) groups excluding carboxylic acids is 1. The van der Waals surface area contributed by atoms with Gasteiger partial charge in [0.1, 0.15) is 0 Å². The number of aromatic amines is 1. The van der Waals surface area contributed by atoms with E-state index in [1.807, 2.05) is 25.1 Å². The summed E-state index contributed by atoms with van der Waals surface area (Å²) in [7, 11) is 1.42. The lowest BCUT2D eigenvalue weighted by Crippen LogP contribution is -2.39.